The van der Waals surface area contributed by atoms with E-state index in [1.54, 1.807) is 6.08 Å². The molecule has 0 aromatic rings. The van der Waals surface area contributed by atoms with Crippen LogP contribution in [-0.2, 0) is 23.9 Å². The molecule has 1 N–H and O–H groups in total. The molecule has 208 valence electrons. The van der Waals surface area contributed by atoms with Crippen molar-refractivity contribution in [2.75, 3.05) is 13.2 Å². The Morgan fingerprint density at radius 1 is 1.24 bits per heavy atom. The summed E-state index contributed by atoms with van der Waals surface area (Å²) < 4.78 is 11.3. The number of fused-ring (bicyclic) bond motifs is 2. The van der Waals surface area contributed by atoms with E-state index in [0.29, 0.717) is 43.0 Å². The summed E-state index contributed by atoms with van der Waals surface area (Å²) >= 11 is 0. The largest absolute Gasteiger partial charge is 0.462 e. The number of carbonyl (C=O) groups excluding carboxylic acids is 3. The van der Waals surface area contributed by atoms with Gasteiger partial charge < -0.3 is 14.6 Å². The van der Waals surface area contributed by atoms with E-state index in [1.807, 2.05) is 6.08 Å². The molecule has 10 atom stereocenters. The maximum absolute atomic E-state index is 13.0. The van der Waals surface area contributed by atoms with Gasteiger partial charge >= 0.3 is 5.97 Å². The highest BCUT2D eigenvalue weighted by Gasteiger charge is 2.78. The Kier molecular flexibility index (Phi) is 7.13. The van der Waals surface area contributed by atoms with Crippen LogP contribution in [0.4, 0.5) is 0 Å². The monoisotopic (exact) mass is 524 g/mol. The summed E-state index contributed by atoms with van der Waals surface area (Å²) in [5.74, 6) is 0.924. The maximum Gasteiger partial charge on any atom is 0.302 e. The van der Waals surface area contributed by atoms with Crippen molar-refractivity contribution in [3.8, 4) is 0 Å². The van der Waals surface area contributed by atoms with Crippen LogP contribution in [0.1, 0.15) is 72.1 Å². The van der Waals surface area contributed by atoms with Gasteiger partial charge in [0.05, 0.1) is 13.2 Å². The molecule has 6 heteroatoms. The highest BCUT2D eigenvalue weighted by Crippen LogP contribution is 2.84. The van der Waals surface area contributed by atoms with Crippen LogP contribution in [0.25, 0.3) is 0 Å². The minimum atomic E-state index is -1.17. The van der Waals surface area contributed by atoms with Gasteiger partial charge in [-0.25, -0.2) is 0 Å². The fourth-order valence-electron chi connectivity index (χ4n) is 9.77. The summed E-state index contributed by atoms with van der Waals surface area (Å²) in [5.41, 5.74) is 0.608. The van der Waals surface area contributed by atoms with Crippen molar-refractivity contribution in [1.29, 1.82) is 0 Å². The third kappa shape index (κ3) is 4.09. The second kappa shape index (κ2) is 9.85. The zero-order valence-corrected chi connectivity index (χ0v) is 23.2. The molecular weight excluding hydrogens is 480 g/mol. The van der Waals surface area contributed by atoms with Gasteiger partial charge in [-0.15, -0.1) is 6.58 Å². The number of Topliss-reactive ketones (excluding diaryl/α,β-unsaturated/α-hetero) is 1. The molecule has 5 rings (SSSR count). The van der Waals surface area contributed by atoms with Crippen LogP contribution >= 0.6 is 0 Å². The molecule has 4 fully saturated rings. The minimum Gasteiger partial charge on any atom is -0.462 e. The Morgan fingerprint density at radius 2 is 1.97 bits per heavy atom. The van der Waals surface area contributed by atoms with E-state index in [0.717, 1.165) is 38.5 Å². The second-order valence-corrected chi connectivity index (χ2v) is 13.1. The lowest BCUT2D eigenvalue weighted by Crippen LogP contribution is -2.50. The van der Waals surface area contributed by atoms with Crippen molar-refractivity contribution in [3.05, 3.63) is 37.0 Å². The Morgan fingerprint density at radius 3 is 2.68 bits per heavy atom. The maximum atomic E-state index is 13.0. The number of hydrogen-bond acceptors (Lipinski definition) is 6. The molecule has 0 amide bonds. The quantitative estimate of drug-likeness (QED) is 0.187. The van der Waals surface area contributed by atoms with Crippen LogP contribution in [0.5, 0.6) is 0 Å². The molecule has 38 heavy (non-hydrogen) atoms. The fraction of sp³-hybridized carbons (Fsp3) is 0.719. The van der Waals surface area contributed by atoms with Gasteiger partial charge in [-0.2, -0.15) is 0 Å². The third-order valence-corrected chi connectivity index (χ3v) is 11.6. The van der Waals surface area contributed by atoms with E-state index < -0.39 is 6.10 Å². The van der Waals surface area contributed by atoms with E-state index in [1.165, 1.54) is 6.92 Å². The molecule has 0 heterocycles. The molecule has 0 aromatic carbocycles. The van der Waals surface area contributed by atoms with Gasteiger partial charge in [0, 0.05) is 18.8 Å². The van der Waals surface area contributed by atoms with Crippen molar-refractivity contribution in [3.63, 3.8) is 0 Å². The van der Waals surface area contributed by atoms with Crippen LogP contribution in [-0.4, -0.2) is 48.1 Å². The SMILES string of the molecule is C=CCOCCC(=C)C(=O)[C@H](O)C[C@H]1C(OC(C)=O)C[C@H]2C3CCC4[C@H](C)C(=O)C=CC45C[C@@]35CC[C@]12C. The summed E-state index contributed by atoms with van der Waals surface area (Å²) in [4.78, 5) is 37.6. The molecule has 0 bridgehead atoms. The number of allylic oxidation sites excluding steroid dienone is 2. The second-order valence-electron chi connectivity index (χ2n) is 13.1. The standard InChI is InChI=1S/C32H44O6/c1-6-14-37-15-10-19(2)29(36)27(35)16-25-28(38-21(4)33)17-24-23-8-7-22-20(3)26(34)9-11-31(22)18-32(23,31)13-12-30(24,25)5/h6,9,11,20,22-25,27-28,35H,1-2,7-8,10,12-18H2,3-5H3/t20-,22?,23?,24-,25-,27+,28?,30-,31?,32-/m0/s1. The van der Waals surface area contributed by atoms with Crippen LogP contribution in [0.3, 0.4) is 0 Å². The van der Waals surface area contributed by atoms with Gasteiger partial charge in [0.1, 0.15) is 12.2 Å². The zero-order chi connectivity index (χ0) is 27.5. The summed E-state index contributed by atoms with van der Waals surface area (Å²) in [7, 11) is 0. The van der Waals surface area contributed by atoms with Gasteiger partial charge in [0.25, 0.3) is 0 Å². The Hall–Kier alpha value is -2.05. The van der Waals surface area contributed by atoms with Crippen molar-refractivity contribution < 1.29 is 29.0 Å². The van der Waals surface area contributed by atoms with E-state index in [4.69, 9.17) is 9.47 Å². The molecule has 0 saturated heterocycles. The fourth-order valence-corrected chi connectivity index (χ4v) is 9.77. The van der Waals surface area contributed by atoms with Gasteiger partial charge in [-0.1, -0.05) is 32.6 Å². The van der Waals surface area contributed by atoms with E-state index >= 15 is 0 Å². The van der Waals surface area contributed by atoms with Crippen molar-refractivity contribution in [2.45, 2.75) is 84.3 Å². The van der Waals surface area contributed by atoms with E-state index in [9.17, 15) is 19.5 Å². The third-order valence-electron chi connectivity index (χ3n) is 11.6. The van der Waals surface area contributed by atoms with Gasteiger partial charge in [0.15, 0.2) is 11.6 Å². The summed E-state index contributed by atoms with van der Waals surface area (Å²) in [6, 6.07) is 0. The van der Waals surface area contributed by atoms with Gasteiger partial charge in [-0.3, -0.25) is 14.4 Å². The molecular formula is C32H44O6. The number of aliphatic hydroxyl groups excluding tert-OH is 1. The highest BCUT2D eigenvalue weighted by molar-refractivity contribution is 5.98. The number of ketones is 2. The predicted octanol–water partition coefficient (Wildman–Crippen LogP) is 5.00. The zero-order valence-electron chi connectivity index (χ0n) is 23.2. The first kappa shape index (κ1) is 27.5. The van der Waals surface area contributed by atoms with E-state index in [-0.39, 0.29) is 58.1 Å². The van der Waals surface area contributed by atoms with Crippen LogP contribution in [0, 0.1) is 45.8 Å². The molecule has 0 aromatic heterocycles. The van der Waals surface area contributed by atoms with Gasteiger partial charge in [-0.05, 0) is 97.0 Å². The van der Waals surface area contributed by atoms with E-state index in [2.05, 4.69) is 33.1 Å². The normalized spacial score (nSPS) is 43.2. The average Bonchev–Trinajstić information content (AvgIpc) is 3.48. The lowest BCUT2D eigenvalue weighted by molar-refractivity contribution is -0.150. The average molecular weight is 525 g/mol. The first-order valence-electron chi connectivity index (χ1n) is 14.5. The molecule has 0 radical (unpaired) electrons. The molecule has 4 unspecified atom stereocenters. The summed E-state index contributed by atoms with van der Waals surface area (Å²) in [6.07, 6.45) is 11.1. The lowest BCUT2D eigenvalue weighted by atomic mass is 9.49. The molecule has 5 aliphatic rings. The van der Waals surface area contributed by atoms with Crippen molar-refractivity contribution >= 4 is 17.5 Å². The van der Waals surface area contributed by atoms with Gasteiger partial charge in [0.2, 0.25) is 0 Å². The number of hydrogen-bond donors (Lipinski definition) is 1. The first-order valence-corrected chi connectivity index (χ1v) is 14.5. The Bertz CT molecular complexity index is 1060. The predicted molar refractivity (Wildman–Crippen MR) is 144 cm³/mol. The Labute approximate surface area is 226 Å². The summed E-state index contributed by atoms with van der Waals surface area (Å²) in [6.45, 7) is 14.1. The molecule has 5 aliphatic carbocycles. The topological polar surface area (TPSA) is 89.9 Å². The van der Waals surface area contributed by atoms with Crippen LogP contribution in [0.2, 0.25) is 0 Å². The molecule has 4 saturated carbocycles. The number of aliphatic hydroxyl groups is 1. The van der Waals surface area contributed by atoms with Crippen LogP contribution < -0.4 is 0 Å². The van der Waals surface area contributed by atoms with Crippen molar-refractivity contribution in [2.24, 2.45) is 45.8 Å². The lowest BCUT2D eigenvalue weighted by Gasteiger charge is -2.55. The number of ether oxygens (including phenoxy) is 2. The number of carbonyl (C=O) groups is 3. The van der Waals surface area contributed by atoms with Crippen molar-refractivity contribution in [1.82, 2.24) is 0 Å². The highest BCUT2D eigenvalue weighted by atomic mass is 16.5. The molecule has 0 aliphatic heterocycles. The molecule has 6 nitrogen and oxygen atoms in total. The summed E-state index contributed by atoms with van der Waals surface area (Å²) in [5, 5.41) is 11.1. The van der Waals surface area contributed by atoms with Crippen LogP contribution in [0.15, 0.2) is 37.0 Å². The molecule has 2 spiro atoms. The first-order chi connectivity index (χ1) is 18.0. The number of esters is 1. The smallest absolute Gasteiger partial charge is 0.302 e. The minimum absolute atomic E-state index is 0.0904. The number of rotatable bonds is 10. The Balaban J connectivity index is 1.35.